The third-order valence-electron chi connectivity index (χ3n) is 5.55. The molecule has 1 aromatic carbocycles. The van der Waals surface area contributed by atoms with Crippen molar-refractivity contribution in [2.24, 2.45) is 16.3 Å². The fourth-order valence-electron chi connectivity index (χ4n) is 4.41. The van der Waals surface area contributed by atoms with Crippen molar-refractivity contribution in [3.8, 4) is 11.5 Å². The van der Waals surface area contributed by atoms with Gasteiger partial charge in [0, 0.05) is 29.3 Å². The second kappa shape index (κ2) is 8.25. The second-order valence-corrected chi connectivity index (χ2v) is 9.16. The van der Waals surface area contributed by atoms with Gasteiger partial charge in [0.1, 0.15) is 5.92 Å². The van der Waals surface area contributed by atoms with Crippen molar-refractivity contribution in [1.82, 2.24) is 0 Å². The zero-order valence-corrected chi connectivity index (χ0v) is 18.6. The molecule has 0 radical (unpaired) electrons. The third-order valence-corrected chi connectivity index (χ3v) is 5.55. The lowest BCUT2D eigenvalue weighted by Crippen LogP contribution is -2.40. The molecule has 6 heteroatoms. The Morgan fingerprint density at radius 3 is 2.63 bits per heavy atom. The van der Waals surface area contributed by atoms with Crippen LogP contribution >= 0.6 is 0 Å². The summed E-state index contributed by atoms with van der Waals surface area (Å²) < 4.78 is 11.1. The topological polar surface area (TPSA) is 85.2 Å². The van der Waals surface area contributed by atoms with Crippen molar-refractivity contribution in [2.75, 3.05) is 6.61 Å². The number of carbonyl (C=O) groups excluding carboxylic acids is 2. The fraction of sp³-hybridized carbons (Fsp3) is 0.542. The second-order valence-electron chi connectivity index (χ2n) is 9.16. The number of nitrogens with zero attached hydrogens (tertiary/aromatic N) is 1. The van der Waals surface area contributed by atoms with Gasteiger partial charge < -0.3 is 14.6 Å². The van der Waals surface area contributed by atoms with Gasteiger partial charge >= 0.3 is 5.97 Å². The molecule has 3 rings (SSSR count). The molecule has 0 saturated carbocycles. The van der Waals surface area contributed by atoms with Crippen LogP contribution in [0.15, 0.2) is 34.5 Å². The largest absolute Gasteiger partial charge is 0.504 e. The fourth-order valence-corrected chi connectivity index (χ4v) is 4.41. The zero-order chi connectivity index (χ0) is 22.2. The van der Waals surface area contributed by atoms with Gasteiger partial charge in [-0.1, -0.05) is 19.9 Å². The molecule has 2 aliphatic rings. The maximum absolute atomic E-state index is 13.2. The summed E-state index contributed by atoms with van der Waals surface area (Å²) in [6.07, 6.45) is 0.796. The average molecular weight is 414 g/mol. The molecule has 1 aromatic rings. The van der Waals surface area contributed by atoms with Crippen molar-refractivity contribution in [1.29, 1.82) is 0 Å². The van der Waals surface area contributed by atoms with E-state index in [1.807, 2.05) is 13.8 Å². The van der Waals surface area contributed by atoms with E-state index in [2.05, 4.69) is 13.8 Å². The first-order valence-corrected chi connectivity index (χ1v) is 10.5. The normalized spacial score (nSPS) is 23.2. The first-order chi connectivity index (χ1) is 14.0. The van der Waals surface area contributed by atoms with Gasteiger partial charge in [-0.2, -0.15) is 0 Å². The summed E-state index contributed by atoms with van der Waals surface area (Å²) >= 11 is 0. The monoisotopic (exact) mass is 413 g/mol. The first-order valence-electron chi connectivity index (χ1n) is 10.5. The van der Waals surface area contributed by atoms with Crippen LogP contribution in [0.5, 0.6) is 11.5 Å². The van der Waals surface area contributed by atoms with Crippen molar-refractivity contribution >= 4 is 17.5 Å². The van der Waals surface area contributed by atoms with Gasteiger partial charge in [-0.05, 0) is 57.2 Å². The van der Waals surface area contributed by atoms with E-state index >= 15 is 0 Å². The highest BCUT2D eigenvalue weighted by Gasteiger charge is 2.46. The molecular formula is C24H31NO5. The number of ether oxygens (including phenoxy) is 2. The van der Waals surface area contributed by atoms with E-state index in [4.69, 9.17) is 14.5 Å². The Hall–Kier alpha value is -2.63. The highest BCUT2D eigenvalue weighted by atomic mass is 16.5. The quantitative estimate of drug-likeness (QED) is 0.715. The molecule has 1 heterocycles. The maximum atomic E-state index is 13.2. The summed E-state index contributed by atoms with van der Waals surface area (Å²) in [7, 11) is 0. The summed E-state index contributed by atoms with van der Waals surface area (Å²) in [5.41, 5.74) is 2.52. The highest BCUT2D eigenvalue weighted by Crippen LogP contribution is 2.48. The minimum Gasteiger partial charge on any atom is -0.504 e. The zero-order valence-electron chi connectivity index (χ0n) is 18.6. The van der Waals surface area contributed by atoms with Crippen LogP contribution < -0.4 is 4.74 Å². The number of carbonyl (C=O) groups is 2. The number of phenolic OH excluding ortho intramolecular Hbond substituents is 1. The van der Waals surface area contributed by atoms with E-state index in [0.29, 0.717) is 36.5 Å². The van der Waals surface area contributed by atoms with E-state index in [0.717, 1.165) is 11.3 Å². The smallest absolute Gasteiger partial charge is 0.315 e. The molecule has 0 unspecified atom stereocenters. The Morgan fingerprint density at radius 1 is 1.30 bits per heavy atom. The summed E-state index contributed by atoms with van der Waals surface area (Å²) in [6.45, 7) is 11.8. The number of aromatic hydroxyl groups is 1. The number of hydrogen-bond acceptors (Lipinski definition) is 6. The van der Waals surface area contributed by atoms with Crippen molar-refractivity contribution in [2.45, 2.75) is 66.4 Å². The third kappa shape index (κ3) is 4.27. The van der Waals surface area contributed by atoms with E-state index in [-0.39, 0.29) is 23.1 Å². The molecule has 0 fully saturated rings. The lowest BCUT2D eigenvalue weighted by molar-refractivity contribution is -0.150. The van der Waals surface area contributed by atoms with Gasteiger partial charge in [-0.15, -0.1) is 0 Å². The molecule has 30 heavy (non-hydrogen) atoms. The number of esters is 1. The molecule has 1 aliphatic carbocycles. The van der Waals surface area contributed by atoms with Gasteiger partial charge in [0.25, 0.3) is 0 Å². The Balaban J connectivity index is 2.18. The maximum Gasteiger partial charge on any atom is 0.315 e. The van der Waals surface area contributed by atoms with Gasteiger partial charge in [0.05, 0.1) is 12.7 Å². The number of aliphatic imine (C=N–C) groups is 1. The van der Waals surface area contributed by atoms with Crippen LogP contribution in [0.25, 0.3) is 0 Å². The predicted molar refractivity (Wildman–Crippen MR) is 115 cm³/mol. The number of allylic oxidation sites excluding steroid dienone is 2. The molecule has 0 bridgehead atoms. The van der Waals surface area contributed by atoms with Crippen LogP contribution in [-0.2, 0) is 14.3 Å². The standard InChI is InChI=1S/C24H31NO5/c1-7-29-19-10-15(8-9-17(19)26)21-20(23(28)30-13(2)3)14(4)25-16-11-24(5,6)12-18(27)22(16)21/h8-10,13,20-21,26H,7,11-12H2,1-6H3/t20-,21-/m1/s1. The molecule has 1 aliphatic heterocycles. The summed E-state index contributed by atoms with van der Waals surface area (Å²) in [6, 6.07) is 5.01. The summed E-state index contributed by atoms with van der Waals surface area (Å²) in [4.78, 5) is 31.0. The SMILES string of the molecule is CCOc1cc([C@H]2C3=C(CC(C)(C)CC3=O)N=C(C)[C@H]2C(=O)OC(C)C)ccc1O. The van der Waals surface area contributed by atoms with Crippen LogP contribution in [0.2, 0.25) is 0 Å². The molecule has 0 aromatic heterocycles. The lowest BCUT2D eigenvalue weighted by Gasteiger charge is -2.39. The van der Waals surface area contributed by atoms with Crippen molar-refractivity contribution in [3.05, 3.63) is 35.0 Å². The first kappa shape index (κ1) is 22.1. The summed E-state index contributed by atoms with van der Waals surface area (Å²) in [5.74, 6) is -1.25. The lowest BCUT2D eigenvalue weighted by atomic mass is 9.67. The number of hydrogen-bond donors (Lipinski definition) is 1. The number of ketones is 1. The minimum atomic E-state index is -0.699. The molecule has 2 atom stereocenters. The average Bonchev–Trinajstić information content (AvgIpc) is 2.60. The van der Waals surface area contributed by atoms with E-state index < -0.39 is 17.8 Å². The Labute approximate surface area is 178 Å². The van der Waals surface area contributed by atoms with E-state index in [1.165, 1.54) is 0 Å². The minimum absolute atomic E-state index is 0.0101. The molecule has 0 saturated heterocycles. The molecule has 0 spiro atoms. The van der Waals surface area contributed by atoms with Gasteiger partial charge in [0.15, 0.2) is 17.3 Å². The molecule has 1 N–H and O–H groups in total. The van der Waals surface area contributed by atoms with Crippen molar-refractivity contribution < 1.29 is 24.2 Å². The van der Waals surface area contributed by atoms with Gasteiger partial charge in [-0.3, -0.25) is 14.6 Å². The number of benzene rings is 1. The highest BCUT2D eigenvalue weighted by molar-refractivity contribution is 6.09. The number of rotatable bonds is 5. The predicted octanol–water partition coefficient (Wildman–Crippen LogP) is 4.56. The van der Waals surface area contributed by atoms with Crippen LogP contribution in [0.3, 0.4) is 0 Å². The molecule has 162 valence electrons. The Bertz CT molecular complexity index is 926. The van der Waals surface area contributed by atoms with Crippen LogP contribution in [0, 0.1) is 11.3 Å². The van der Waals surface area contributed by atoms with E-state index in [9.17, 15) is 14.7 Å². The summed E-state index contributed by atoms with van der Waals surface area (Å²) in [5, 5.41) is 10.1. The molecular weight excluding hydrogens is 382 g/mol. The Morgan fingerprint density at radius 2 is 2.00 bits per heavy atom. The van der Waals surface area contributed by atoms with Crippen LogP contribution in [-0.4, -0.2) is 35.3 Å². The number of Topliss-reactive ketones (excluding diaryl/α,β-unsaturated/α-hetero) is 1. The van der Waals surface area contributed by atoms with Crippen LogP contribution in [0.1, 0.15) is 65.9 Å². The van der Waals surface area contributed by atoms with Gasteiger partial charge in [0.2, 0.25) is 0 Å². The Kier molecular flexibility index (Phi) is 6.06. The van der Waals surface area contributed by atoms with E-state index in [1.54, 1.807) is 32.0 Å². The van der Waals surface area contributed by atoms with Crippen LogP contribution in [0.4, 0.5) is 0 Å². The van der Waals surface area contributed by atoms with Gasteiger partial charge in [-0.25, -0.2) is 0 Å². The number of phenols is 1. The molecule has 0 amide bonds. The van der Waals surface area contributed by atoms with Crippen molar-refractivity contribution in [3.63, 3.8) is 0 Å². The molecule has 6 nitrogen and oxygen atoms in total.